The maximum Gasteiger partial charge on any atom is 0.319 e. The van der Waals surface area contributed by atoms with Crippen LogP contribution >= 0.6 is 15.9 Å². The van der Waals surface area contributed by atoms with Crippen LogP contribution < -0.4 is 10.6 Å². The molecular formula is C14H16BrFN2O3. The molecule has 7 heteroatoms. The molecule has 1 aliphatic rings. The van der Waals surface area contributed by atoms with Crippen molar-refractivity contribution in [2.75, 3.05) is 5.32 Å². The van der Waals surface area contributed by atoms with Crippen LogP contribution in [0.25, 0.3) is 0 Å². The summed E-state index contributed by atoms with van der Waals surface area (Å²) in [5, 5.41) is 14.1. The van der Waals surface area contributed by atoms with E-state index in [9.17, 15) is 14.0 Å². The van der Waals surface area contributed by atoms with Crippen molar-refractivity contribution in [3.63, 3.8) is 0 Å². The standard InChI is InChI=1S/C14H16BrFN2O3/c15-9-3-4-10(16)11(7-9)17-13(21)18-14(8-12(19)20)5-1-2-6-14/h3-4,7H,1-2,5-6,8H2,(H,19,20)(H2,17,18,21). The van der Waals surface area contributed by atoms with Gasteiger partial charge in [-0.1, -0.05) is 28.8 Å². The van der Waals surface area contributed by atoms with Crippen molar-refractivity contribution in [3.05, 3.63) is 28.5 Å². The van der Waals surface area contributed by atoms with Crippen LogP contribution in [-0.4, -0.2) is 22.6 Å². The first-order valence-electron chi connectivity index (χ1n) is 6.66. The Hall–Kier alpha value is -1.63. The molecule has 1 aliphatic carbocycles. The molecule has 0 radical (unpaired) electrons. The maximum atomic E-state index is 13.6. The average molecular weight is 359 g/mol. The van der Waals surface area contributed by atoms with E-state index in [-0.39, 0.29) is 12.1 Å². The molecule has 0 heterocycles. The summed E-state index contributed by atoms with van der Waals surface area (Å²) < 4.78 is 14.2. The summed E-state index contributed by atoms with van der Waals surface area (Å²) in [7, 11) is 0. The average Bonchev–Trinajstić information content (AvgIpc) is 2.80. The van der Waals surface area contributed by atoms with E-state index in [1.54, 1.807) is 0 Å². The van der Waals surface area contributed by atoms with E-state index in [0.717, 1.165) is 12.8 Å². The number of hydrogen-bond acceptors (Lipinski definition) is 2. The molecule has 5 nitrogen and oxygen atoms in total. The van der Waals surface area contributed by atoms with E-state index < -0.39 is 23.4 Å². The highest BCUT2D eigenvalue weighted by molar-refractivity contribution is 9.10. The van der Waals surface area contributed by atoms with Crippen LogP contribution in [0.4, 0.5) is 14.9 Å². The Kier molecular flexibility index (Phi) is 4.82. The van der Waals surface area contributed by atoms with Gasteiger partial charge in [0.2, 0.25) is 0 Å². The summed E-state index contributed by atoms with van der Waals surface area (Å²) >= 11 is 3.20. The van der Waals surface area contributed by atoms with Crippen LogP contribution in [0.5, 0.6) is 0 Å². The number of aliphatic carboxylic acids is 1. The number of carbonyl (C=O) groups excluding carboxylic acids is 1. The Morgan fingerprint density at radius 2 is 2.00 bits per heavy atom. The normalized spacial score (nSPS) is 16.5. The van der Waals surface area contributed by atoms with Crippen molar-refractivity contribution < 1.29 is 19.1 Å². The fourth-order valence-corrected chi connectivity index (χ4v) is 3.04. The minimum Gasteiger partial charge on any atom is -0.481 e. The fraction of sp³-hybridized carbons (Fsp3) is 0.429. The second kappa shape index (κ2) is 6.43. The molecule has 0 aromatic heterocycles. The van der Waals surface area contributed by atoms with Gasteiger partial charge in [0.15, 0.2) is 0 Å². The summed E-state index contributed by atoms with van der Waals surface area (Å²) in [6, 6.07) is 3.63. The van der Waals surface area contributed by atoms with Crippen molar-refractivity contribution >= 4 is 33.6 Å². The molecule has 114 valence electrons. The predicted octanol–water partition coefficient (Wildman–Crippen LogP) is 3.50. The van der Waals surface area contributed by atoms with E-state index in [2.05, 4.69) is 26.6 Å². The van der Waals surface area contributed by atoms with Crippen LogP contribution in [-0.2, 0) is 4.79 Å². The second-order valence-corrected chi connectivity index (χ2v) is 6.18. The summed E-state index contributed by atoms with van der Waals surface area (Å²) in [5.74, 6) is -1.50. The number of anilines is 1. The number of amides is 2. The van der Waals surface area contributed by atoms with E-state index in [1.807, 2.05) is 0 Å². The van der Waals surface area contributed by atoms with E-state index in [0.29, 0.717) is 17.3 Å². The molecule has 1 aromatic carbocycles. The Bertz CT molecular complexity index is 559. The zero-order valence-corrected chi connectivity index (χ0v) is 12.9. The molecule has 21 heavy (non-hydrogen) atoms. The number of carboxylic acid groups (broad SMARTS) is 1. The summed E-state index contributed by atoms with van der Waals surface area (Å²) in [4.78, 5) is 23.0. The number of nitrogens with one attached hydrogen (secondary N) is 2. The number of carbonyl (C=O) groups is 2. The number of urea groups is 1. The first-order valence-corrected chi connectivity index (χ1v) is 7.46. The lowest BCUT2D eigenvalue weighted by Crippen LogP contribution is -2.49. The van der Waals surface area contributed by atoms with Gasteiger partial charge in [0.05, 0.1) is 17.6 Å². The molecule has 0 unspecified atom stereocenters. The minimum atomic E-state index is -0.953. The van der Waals surface area contributed by atoms with Crippen LogP contribution in [0, 0.1) is 5.82 Å². The van der Waals surface area contributed by atoms with Crippen molar-refractivity contribution in [1.29, 1.82) is 0 Å². The zero-order chi connectivity index (χ0) is 15.5. The van der Waals surface area contributed by atoms with Gasteiger partial charge < -0.3 is 15.7 Å². The molecule has 3 N–H and O–H groups in total. The largest absolute Gasteiger partial charge is 0.481 e. The first kappa shape index (κ1) is 15.8. The fourth-order valence-electron chi connectivity index (χ4n) is 2.67. The van der Waals surface area contributed by atoms with E-state index in [1.165, 1.54) is 18.2 Å². The smallest absolute Gasteiger partial charge is 0.319 e. The van der Waals surface area contributed by atoms with E-state index >= 15 is 0 Å². The predicted molar refractivity (Wildman–Crippen MR) is 79.7 cm³/mol. The van der Waals surface area contributed by atoms with Gasteiger partial charge in [0, 0.05) is 4.47 Å². The Labute approximate surface area is 130 Å². The zero-order valence-electron chi connectivity index (χ0n) is 11.3. The quantitative estimate of drug-likeness (QED) is 0.770. The van der Waals surface area contributed by atoms with Gasteiger partial charge in [-0.2, -0.15) is 0 Å². The van der Waals surface area contributed by atoms with Gasteiger partial charge in [-0.25, -0.2) is 9.18 Å². The van der Waals surface area contributed by atoms with E-state index in [4.69, 9.17) is 5.11 Å². The summed E-state index contributed by atoms with van der Waals surface area (Å²) in [6.45, 7) is 0. The molecule has 0 saturated heterocycles. The molecule has 1 fully saturated rings. The topological polar surface area (TPSA) is 78.4 Å². The Morgan fingerprint density at radius 1 is 1.33 bits per heavy atom. The number of hydrogen-bond donors (Lipinski definition) is 3. The second-order valence-electron chi connectivity index (χ2n) is 5.26. The lowest BCUT2D eigenvalue weighted by atomic mass is 9.93. The highest BCUT2D eigenvalue weighted by Gasteiger charge is 2.37. The third kappa shape index (κ3) is 4.17. The lowest BCUT2D eigenvalue weighted by Gasteiger charge is -2.28. The molecular weight excluding hydrogens is 343 g/mol. The summed E-state index contributed by atoms with van der Waals surface area (Å²) in [6.07, 6.45) is 2.86. The lowest BCUT2D eigenvalue weighted by molar-refractivity contribution is -0.138. The Morgan fingerprint density at radius 3 is 2.62 bits per heavy atom. The number of benzene rings is 1. The molecule has 2 rings (SSSR count). The van der Waals surface area contributed by atoms with Crippen molar-refractivity contribution in [1.82, 2.24) is 5.32 Å². The Balaban J connectivity index is 2.06. The van der Waals surface area contributed by atoms with Crippen molar-refractivity contribution in [2.45, 2.75) is 37.6 Å². The van der Waals surface area contributed by atoms with Gasteiger partial charge in [0.25, 0.3) is 0 Å². The molecule has 0 atom stereocenters. The molecule has 0 bridgehead atoms. The van der Waals surface area contributed by atoms with Gasteiger partial charge in [-0.15, -0.1) is 0 Å². The van der Waals surface area contributed by atoms with Crippen molar-refractivity contribution in [2.24, 2.45) is 0 Å². The third-order valence-electron chi connectivity index (χ3n) is 3.61. The van der Waals surface area contributed by atoms with Gasteiger partial charge in [-0.3, -0.25) is 4.79 Å². The molecule has 1 aromatic rings. The number of rotatable bonds is 4. The van der Waals surface area contributed by atoms with Crippen LogP contribution in [0.15, 0.2) is 22.7 Å². The first-order chi connectivity index (χ1) is 9.90. The van der Waals surface area contributed by atoms with Crippen LogP contribution in [0.1, 0.15) is 32.1 Å². The number of carboxylic acids is 1. The molecule has 2 amide bonds. The monoisotopic (exact) mass is 358 g/mol. The van der Waals surface area contributed by atoms with Gasteiger partial charge in [-0.05, 0) is 31.0 Å². The van der Waals surface area contributed by atoms with Crippen LogP contribution in [0.2, 0.25) is 0 Å². The van der Waals surface area contributed by atoms with Gasteiger partial charge >= 0.3 is 12.0 Å². The van der Waals surface area contributed by atoms with Crippen LogP contribution in [0.3, 0.4) is 0 Å². The number of halogens is 2. The SMILES string of the molecule is O=C(O)CC1(NC(=O)Nc2cc(Br)ccc2F)CCCC1. The third-order valence-corrected chi connectivity index (χ3v) is 4.10. The van der Waals surface area contributed by atoms with Gasteiger partial charge in [0.1, 0.15) is 5.82 Å². The minimum absolute atomic E-state index is 0.0466. The molecule has 1 saturated carbocycles. The highest BCUT2D eigenvalue weighted by atomic mass is 79.9. The molecule has 0 aliphatic heterocycles. The van der Waals surface area contributed by atoms with Crippen molar-refractivity contribution in [3.8, 4) is 0 Å². The molecule has 0 spiro atoms. The summed E-state index contributed by atoms with van der Waals surface area (Å²) in [5.41, 5.74) is -0.691. The highest BCUT2D eigenvalue weighted by Crippen LogP contribution is 2.32. The maximum absolute atomic E-state index is 13.6.